The lowest BCUT2D eigenvalue weighted by Crippen LogP contribution is -1.98. The molecule has 0 aliphatic rings. The Bertz CT molecular complexity index is 570. The van der Waals surface area contributed by atoms with Gasteiger partial charge < -0.3 is 10.5 Å². The Hall–Kier alpha value is -1.74. The van der Waals surface area contributed by atoms with Gasteiger partial charge in [-0.1, -0.05) is 24.6 Å². The van der Waals surface area contributed by atoms with Crippen LogP contribution in [0.5, 0.6) is 11.5 Å². The second kappa shape index (κ2) is 5.27. The third kappa shape index (κ3) is 2.57. The number of hydrogen-bond acceptors (Lipinski definition) is 3. The Balaban J connectivity index is 2.37. The maximum absolute atomic E-state index is 5.96. The van der Waals surface area contributed by atoms with E-state index in [0.717, 1.165) is 23.6 Å². The molecule has 0 spiro atoms. The van der Waals surface area contributed by atoms with E-state index in [4.69, 9.17) is 22.1 Å². The van der Waals surface area contributed by atoms with Gasteiger partial charge in [0.2, 0.25) is 0 Å². The van der Waals surface area contributed by atoms with Gasteiger partial charge in [0.05, 0.1) is 16.4 Å². The van der Waals surface area contributed by atoms with Gasteiger partial charge in [-0.25, -0.2) is 0 Å². The molecule has 0 amide bonds. The van der Waals surface area contributed by atoms with E-state index in [9.17, 15) is 0 Å². The fraction of sp³-hybridized carbons (Fsp3) is 0.214. The number of anilines is 1. The molecular weight excluding hydrogens is 248 g/mol. The molecule has 0 unspecified atom stereocenters. The first-order valence-electron chi connectivity index (χ1n) is 5.80. The van der Waals surface area contributed by atoms with Crippen LogP contribution in [0, 0.1) is 6.92 Å². The number of hydrogen-bond donors (Lipinski definition) is 1. The van der Waals surface area contributed by atoms with Crippen molar-refractivity contribution < 1.29 is 4.74 Å². The van der Waals surface area contributed by atoms with E-state index < -0.39 is 0 Å². The molecule has 94 valence electrons. The van der Waals surface area contributed by atoms with Crippen molar-refractivity contribution in [2.24, 2.45) is 0 Å². The Morgan fingerprint density at radius 3 is 2.72 bits per heavy atom. The van der Waals surface area contributed by atoms with E-state index in [-0.39, 0.29) is 0 Å². The molecule has 4 heteroatoms. The number of rotatable bonds is 3. The number of aromatic nitrogens is 1. The van der Waals surface area contributed by atoms with E-state index in [0.29, 0.717) is 16.5 Å². The van der Waals surface area contributed by atoms with Crippen LogP contribution in [0.3, 0.4) is 0 Å². The second-order valence-electron chi connectivity index (χ2n) is 4.00. The molecule has 18 heavy (non-hydrogen) atoms. The van der Waals surface area contributed by atoms with Gasteiger partial charge in [0, 0.05) is 5.69 Å². The molecule has 1 aromatic carbocycles. The van der Waals surface area contributed by atoms with Crippen LogP contribution in [0.25, 0.3) is 0 Å². The van der Waals surface area contributed by atoms with E-state index in [1.54, 1.807) is 18.2 Å². The van der Waals surface area contributed by atoms with E-state index in [2.05, 4.69) is 4.98 Å². The zero-order chi connectivity index (χ0) is 13.1. The summed E-state index contributed by atoms with van der Waals surface area (Å²) in [5.74, 6) is 1.28. The molecule has 0 atom stereocenters. The highest BCUT2D eigenvalue weighted by molar-refractivity contribution is 6.33. The van der Waals surface area contributed by atoms with Crippen molar-refractivity contribution in [1.82, 2.24) is 4.98 Å². The highest BCUT2D eigenvalue weighted by Crippen LogP contribution is 2.33. The number of halogens is 1. The van der Waals surface area contributed by atoms with Crippen LogP contribution in [-0.2, 0) is 6.42 Å². The highest BCUT2D eigenvalue weighted by atomic mass is 35.5. The first-order chi connectivity index (χ1) is 8.61. The third-order valence-electron chi connectivity index (χ3n) is 2.64. The van der Waals surface area contributed by atoms with Crippen LogP contribution in [0.2, 0.25) is 5.02 Å². The molecule has 2 rings (SSSR count). The van der Waals surface area contributed by atoms with Gasteiger partial charge in [0.15, 0.2) is 5.75 Å². The van der Waals surface area contributed by atoms with Gasteiger partial charge in [0.25, 0.3) is 0 Å². The molecule has 0 aliphatic carbocycles. The van der Waals surface area contributed by atoms with Gasteiger partial charge in [-0.3, -0.25) is 4.98 Å². The molecular formula is C14H15ClN2O. The average Bonchev–Trinajstić information content (AvgIpc) is 2.37. The predicted octanol–water partition coefficient (Wildman–Crippen LogP) is 3.98. The summed E-state index contributed by atoms with van der Waals surface area (Å²) in [6.07, 6.45) is 0.803. The summed E-state index contributed by atoms with van der Waals surface area (Å²) in [5, 5.41) is 0.491. The molecule has 0 aliphatic heterocycles. The van der Waals surface area contributed by atoms with Gasteiger partial charge in [-0.2, -0.15) is 0 Å². The predicted molar refractivity (Wildman–Crippen MR) is 74.3 cm³/mol. The van der Waals surface area contributed by atoms with Crippen LogP contribution < -0.4 is 10.5 Å². The van der Waals surface area contributed by atoms with Gasteiger partial charge in [0.1, 0.15) is 5.75 Å². The topological polar surface area (TPSA) is 48.1 Å². The first-order valence-corrected chi connectivity index (χ1v) is 6.18. The summed E-state index contributed by atoms with van der Waals surface area (Å²) in [6, 6.07) is 9.15. The monoisotopic (exact) mass is 262 g/mol. The molecule has 2 aromatic rings. The smallest absolute Gasteiger partial charge is 0.151 e. The fourth-order valence-corrected chi connectivity index (χ4v) is 1.83. The lowest BCUT2D eigenvalue weighted by Gasteiger charge is -2.12. The van der Waals surface area contributed by atoms with Crippen LogP contribution in [-0.4, -0.2) is 4.98 Å². The van der Waals surface area contributed by atoms with Crippen molar-refractivity contribution in [2.75, 3.05) is 5.73 Å². The van der Waals surface area contributed by atoms with Crippen molar-refractivity contribution in [2.45, 2.75) is 20.3 Å². The molecule has 0 radical (unpaired) electrons. The Morgan fingerprint density at radius 1 is 1.22 bits per heavy atom. The number of para-hydroxylation sites is 1. The van der Waals surface area contributed by atoms with Crippen LogP contribution in [0.15, 0.2) is 30.3 Å². The van der Waals surface area contributed by atoms with Gasteiger partial charge >= 0.3 is 0 Å². The third-order valence-corrected chi connectivity index (χ3v) is 2.97. The molecule has 0 bridgehead atoms. The summed E-state index contributed by atoms with van der Waals surface area (Å²) in [4.78, 5) is 4.44. The average molecular weight is 263 g/mol. The minimum Gasteiger partial charge on any atom is -0.453 e. The van der Waals surface area contributed by atoms with Crippen molar-refractivity contribution in [1.29, 1.82) is 0 Å². The summed E-state index contributed by atoms with van der Waals surface area (Å²) >= 11 is 5.96. The fourth-order valence-electron chi connectivity index (χ4n) is 1.67. The van der Waals surface area contributed by atoms with Crippen LogP contribution >= 0.6 is 11.6 Å². The Kier molecular flexibility index (Phi) is 3.72. The molecule has 3 nitrogen and oxygen atoms in total. The van der Waals surface area contributed by atoms with Crippen molar-refractivity contribution >= 4 is 17.3 Å². The number of benzene rings is 1. The SMILES string of the molecule is CCc1nc(C)ccc1Oc1cccc(Cl)c1N. The molecule has 2 N–H and O–H groups in total. The maximum atomic E-state index is 5.96. The van der Waals surface area contributed by atoms with Crippen molar-refractivity contribution in [3.8, 4) is 11.5 Å². The molecule has 0 saturated carbocycles. The summed E-state index contributed by atoms with van der Waals surface area (Å²) in [5.41, 5.74) is 8.20. The lowest BCUT2D eigenvalue weighted by atomic mass is 10.2. The zero-order valence-electron chi connectivity index (χ0n) is 10.4. The maximum Gasteiger partial charge on any atom is 0.151 e. The van der Waals surface area contributed by atoms with Gasteiger partial charge in [-0.05, 0) is 37.6 Å². The highest BCUT2D eigenvalue weighted by Gasteiger charge is 2.09. The minimum absolute atomic E-state index is 0.446. The number of pyridine rings is 1. The molecule has 0 fully saturated rings. The molecule has 1 heterocycles. The number of nitrogens with zero attached hydrogens (tertiary/aromatic N) is 1. The van der Waals surface area contributed by atoms with Gasteiger partial charge in [-0.15, -0.1) is 0 Å². The van der Waals surface area contributed by atoms with Crippen molar-refractivity contribution in [3.63, 3.8) is 0 Å². The number of ether oxygens (including phenoxy) is 1. The minimum atomic E-state index is 0.446. The zero-order valence-corrected chi connectivity index (χ0v) is 11.2. The lowest BCUT2D eigenvalue weighted by molar-refractivity contribution is 0.475. The standard InChI is InChI=1S/C14H15ClN2O/c1-3-11-12(8-7-9(2)17-11)18-13-6-4-5-10(15)14(13)16/h4-8H,3,16H2,1-2H3. The second-order valence-corrected chi connectivity index (χ2v) is 4.41. The Labute approximate surface area is 112 Å². The largest absolute Gasteiger partial charge is 0.453 e. The first kappa shape index (κ1) is 12.7. The summed E-state index contributed by atoms with van der Waals surface area (Å²) in [7, 11) is 0. The Morgan fingerprint density at radius 2 is 2.00 bits per heavy atom. The number of aryl methyl sites for hydroxylation is 2. The quantitative estimate of drug-likeness (QED) is 0.851. The molecule has 1 aromatic heterocycles. The number of nitrogens with two attached hydrogens (primary N) is 1. The van der Waals surface area contributed by atoms with E-state index in [1.807, 2.05) is 26.0 Å². The van der Waals surface area contributed by atoms with E-state index in [1.165, 1.54) is 0 Å². The molecule has 0 saturated heterocycles. The van der Waals surface area contributed by atoms with Crippen LogP contribution in [0.4, 0.5) is 5.69 Å². The van der Waals surface area contributed by atoms with Crippen LogP contribution in [0.1, 0.15) is 18.3 Å². The van der Waals surface area contributed by atoms with Crippen molar-refractivity contribution in [3.05, 3.63) is 46.7 Å². The van der Waals surface area contributed by atoms with E-state index >= 15 is 0 Å². The summed E-state index contributed by atoms with van der Waals surface area (Å²) < 4.78 is 5.80. The summed E-state index contributed by atoms with van der Waals surface area (Å²) in [6.45, 7) is 3.99. The normalized spacial score (nSPS) is 10.4. The number of nitrogen functional groups attached to an aromatic ring is 1.